The first-order valence-electron chi connectivity index (χ1n) is 12.5. The maximum atomic E-state index is 13.4. The summed E-state index contributed by atoms with van der Waals surface area (Å²) in [6.45, 7) is 4.56. The van der Waals surface area contributed by atoms with E-state index in [1.54, 1.807) is 24.3 Å². The molecule has 1 aromatic heterocycles. The van der Waals surface area contributed by atoms with Crippen molar-refractivity contribution in [3.63, 3.8) is 0 Å². The largest absolute Gasteiger partial charge is 0.488 e. The Morgan fingerprint density at radius 3 is 2.80 bits per heavy atom. The average Bonchev–Trinajstić information content (AvgIpc) is 3.39. The molecule has 2 aromatic carbocycles. The Kier molecular flexibility index (Phi) is 9.57. The van der Waals surface area contributed by atoms with Crippen LogP contribution in [-0.4, -0.2) is 45.6 Å². The predicted molar refractivity (Wildman–Crippen MR) is 157 cm³/mol. The molecule has 0 fully saturated rings. The van der Waals surface area contributed by atoms with Gasteiger partial charge in [0.15, 0.2) is 0 Å². The molecular weight excluding hydrogens is 555 g/mol. The highest BCUT2D eigenvalue weighted by atomic mass is 35.5. The number of hydrogen-bond donors (Lipinski definition) is 2. The summed E-state index contributed by atoms with van der Waals surface area (Å²) in [7, 11) is -3.03. The van der Waals surface area contributed by atoms with Crippen LogP contribution in [0.25, 0.3) is 11.3 Å². The van der Waals surface area contributed by atoms with E-state index in [2.05, 4.69) is 22.0 Å². The quantitative estimate of drug-likeness (QED) is 0.170. The maximum Gasteiger partial charge on any atom is 0.148 e. The van der Waals surface area contributed by atoms with Crippen LogP contribution >= 0.6 is 11.6 Å². The molecule has 210 valence electrons. The molecule has 0 bridgehead atoms. The van der Waals surface area contributed by atoms with Gasteiger partial charge in [-0.25, -0.2) is 12.8 Å². The molecule has 0 aliphatic heterocycles. The zero-order chi connectivity index (χ0) is 28.7. The molecule has 1 heterocycles. The van der Waals surface area contributed by atoms with Crippen LogP contribution < -0.4 is 11.1 Å². The summed E-state index contributed by atoms with van der Waals surface area (Å²) < 4.78 is 47.7. The normalized spacial score (nSPS) is 15.9. The van der Waals surface area contributed by atoms with Crippen molar-refractivity contribution in [1.29, 1.82) is 0 Å². The van der Waals surface area contributed by atoms with Crippen LogP contribution in [0.5, 0.6) is 0 Å². The molecule has 40 heavy (non-hydrogen) atoms. The van der Waals surface area contributed by atoms with Gasteiger partial charge in [-0.15, -0.1) is 0 Å². The summed E-state index contributed by atoms with van der Waals surface area (Å²) in [5, 5.41) is 3.46. The number of sulfone groups is 1. The smallest absolute Gasteiger partial charge is 0.148 e. The molecule has 3 aromatic rings. The lowest BCUT2D eigenvalue weighted by molar-refractivity contribution is 0.206. The van der Waals surface area contributed by atoms with Crippen molar-refractivity contribution in [3.8, 4) is 11.3 Å². The average molecular weight is 585 g/mol. The van der Waals surface area contributed by atoms with E-state index in [-0.39, 0.29) is 30.1 Å². The zero-order valence-corrected chi connectivity index (χ0v) is 23.5. The van der Waals surface area contributed by atoms with E-state index in [1.165, 1.54) is 18.4 Å². The van der Waals surface area contributed by atoms with Crippen molar-refractivity contribution >= 4 is 39.7 Å². The Morgan fingerprint density at radius 2 is 2.08 bits per heavy atom. The minimum Gasteiger partial charge on any atom is -0.488 e. The number of rotatable bonds is 12. The van der Waals surface area contributed by atoms with E-state index in [0.29, 0.717) is 58.6 Å². The number of ether oxygens (including phenoxy) is 1. The van der Waals surface area contributed by atoms with E-state index in [1.807, 2.05) is 30.3 Å². The molecule has 3 N–H and O–H groups in total. The highest BCUT2D eigenvalue weighted by molar-refractivity contribution is 7.90. The van der Waals surface area contributed by atoms with Crippen LogP contribution in [0.15, 0.2) is 91.9 Å². The molecule has 8 nitrogen and oxygen atoms in total. The number of benzene rings is 2. The van der Waals surface area contributed by atoms with Crippen LogP contribution in [0.1, 0.15) is 23.3 Å². The highest BCUT2D eigenvalue weighted by Gasteiger charge is 2.18. The lowest BCUT2D eigenvalue weighted by Gasteiger charge is -2.18. The summed E-state index contributed by atoms with van der Waals surface area (Å²) in [6.07, 6.45) is 5.31. The first-order valence-corrected chi connectivity index (χ1v) is 14.9. The summed E-state index contributed by atoms with van der Waals surface area (Å²) in [5.41, 5.74) is 9.05. The fourth-order valence-electron chi connectivity index (χ4n) is 4.03. The number of aliphatic imine (C=N–C) groups is 2. The number of hydrogen-bond acceptors (Lipinski definition) is 7. The number of halogens is 2. The molecule has 0 spiro atoms. The van der Waals surface area contributed by atoms with Crippen molar-refractivity contribution in [1.82, 2.24) is 5.32 Å². The summed E-state index contributed by atoms with van der Waals surface area (Å²) in [6, 6.07) is 15.0. The zero-order valence-electron chi connectivity index (χ0n) is 21.9. The topological polar surface area (TPSA) is 119 Å². The van der Waals surface area contributed by atoms with Crippen LogP contribution in [0.3, 0.4) is 0 Å². The van der Waals surface area contributed by atoms with Gasteiger partial charge in [0.05, 0.1) is 29.1 Å². The Bertz CT molecular complexity index is 1580. The van der Waals surface area contributed by atoms with Gasteiger partial charge in [-0.1, -0.05) is 23.7 Å². The highest BCUT2D eigenvalue weighted by Crippen LogP contribution is 2.30. The number of allylic oxidation sites excluding steroid dienone is 1. The van der Waals surface area contributed by atoms with Crippen LogP contribution in [-0.2, 0) is 27.7 Å². The maximum absolute atomic E-state index is 13.4. The monoisotopic (exact) mass is 584 g/mol. The van der Waals surface area contributed by atoms with E-state index in [9.17, 15) is 12.8 Å². The van der Waals surface area contributed by atoms with Crippen LogP contribution in [0.2, 0.25) is 0 Å². The third-order valence-electron chi connectivity index (χ3n) is 6.04. The van der Waals surface area contributed by atoms with Crippen molar-refractivity contribution < 1.29 is 22.0 Å². The summed E-state index contributed by atoms with van der Waals surface area (Å²) in [4.78, 5) is 8.73. The van der Waals surface area contributed by atoms with Gasteiger partial charge in [-0.05, 0) is 73.3 Å². The fraction of sp³-hybridized carbons (Fsp3) is 0.241. The summed E-state index contributed by atoms with van der Waals surface area (Å²) in [5.74, 6) is 1.79. The van der Waals surface area contributed by atoms with Crippen LogP contribution in [0.4, 0.5) is 10.1 Å². The second kappa shape index (κ2) is 13.1. The Hall–Kier alpha value is -3.73. The predicted octanol–water partition coefficient (Wildman–Crippen LogP) is 5.25. The molecule has 11 heteroatoms. The number of furan rings is 1. The molecule has 4 rings (SSSR count). The van der Waals surface area contributed by atoms with Crippen molar-refractivity contribution in [2.75, 3.05) is 18.6 Å². The van der Waals surface area contributed by atoms with E-state index >= 15 is 0 Å². The van der Waals surface area contributed by atoms with Gasteiger partial charge in [0.1, 0.15) is 45.4 Å². The Morgan fingerprint density at radius 1 is 1.25 bits per heavy atom. The minimum atomic E-state index is -3.03. The molecule has 1 aliphatic carbocycles. The number of nitrogens with two attached hydrogens (primary N) is 1. The first-order chi connectivity index (χ1) is 19.1. The van der Waals surface area contributed by atoms with Gasteiger partial charge in [0, 0.05) is 23.9 Å². The molecule has 0 radical (unpaired) electrons. The number of nitrogens with one attached hydrogen (secondary N) is 1. The number of amidine groups is 1. The van der Waals surface area contributed by atoms with Gasteiger partial charge in [-0.2, -0.15) is 0 Å². The molecule has 0 saturated carbocycles. The molecular formula is C29H30ClFN4O4S. The number of nitrogens with zero attached hydrogens (tertiary/aromatic N) is 2. The summed E-state index contributed by atoms with van der Waals surface area (Å²) >= 11 is 6.45. The standard InChI is InChI=1S/C29H30ClFN4O4S/c1-33-26-9-6-20(27-11-8-23(39-27)17-34-12-13-40(2,36)37)15-24(26)29(32)35-22-7-10-28(25(30)16-22)38-18-19-4-3-5-21(31)14-19/h3-6,8-11,14-16,22,34H,1,7,12-13,17-18H2,2H3,(H2,32,35). The molecule has 1 unspecified atom stereocenters. The molecule has 1 aliphatic rings. The second-order valence-electron chi connectivity index (χ2n) is 9.28. The van der Waals surface area contributed by atoms with E-state index in [0.717, 1.165) is 5.56 Å². The van der Waals surface area contributed by atoms with Crippen LogP contribution in [0, 0.1) is 5.82 Å². The third kappa shape index (κ3) is 8.14. The van der Waals surface area contributed by atoms with Gasteiger partial charge < -0.3 is 20.2 Å². The fourth-order valence-corrected chi connectivity index (χ4v) is 4.82. The molecule has 1 atom stereocenters. The Balaban J connectivity index is 1.43. The minimum absolute atomic E-state index is 0.0546. The SMILES string of the molecule is C=Nc1ccc(-c2ccc(CNCCS(C)(=O)=O)o2)cc1C(N)=NC1C=C(Cl)C(OCc2cccc(F)c2)=CC1. The van der Waals surface area contributed by atoms with Crippen molar-refractivity contribution in [2.24, 2.45) is 15.7 Å². The first kappa shape index (κ1) is 29.3. The lowest BCUT2D eigenvalue weighted by Crippen LogP contribution is -2.21. The van der Waals surface area contributed by atoms with Gasteiger partial charge in [-0.3, -0.25) is 9.98 Å². The van der Waals surface area contributed by atoms with Gasteiger partial charge in [0.25, 0.3) is 0 Å². The third-order valence-corrected chi connectivity index (χ3v) is 7.30. The lowest BCUT2D eigenvalue weighted by atomic mass is 10.0. The van der Waals surface area contributed by atoms with E-state index < -0.39 is 9.84 Å². The Labute approximate surface area is 238 Å². The molecule has 0 saturated heterocycles. The van der Waals surface area contributed by atoms with Gasteiger partial charge in [0.2, 0.25) is 0 Å². The van der Waals surface area contributed by atoms with Crippen molar-refractivity contribution in [2.45, 2.75) is 25.6 Å². The van der Waals surface area contributed by atoms with Crippen molar-refractivity contribution in [3.05, 3.63) is 100 Å². The molecule has 0 amide bonds. The van der Waals surface area contributed by atoms with Gasteiger partial charge >= 0.3 is 0 Å². The second-order valence-corrected chi connectivity index (χ2v) is 11.9. The van der Waals surface area contributed by atoms with E-state index in [4.69, 9.17) is 26.5 Å².